The summed E-state index contributed by atoms with van der Waals surface area (Å²) in [5, 5.41) is 11.0. The maximum atomic E-state index is 11.1. The lowest BCUT2D eigenvalue weighted by atomic mass is 10.2. The molecule has 1 heterocycles. The molecule has 0 aliphatic heterocycles. The SMILES string of the molecule is Cc1nc2cccc(C(=O)O)c2n1N(C)C. The van der Waals surface area contributed by atoms with Gasteiger partial charge in [-0.25, -0.2) is 14.5 Å². The standard InChI is InChI=1S/C11H13N3O2/c1-7-12-9-6-4-5-8(11(15)16)10(9)14(7)13(2)3/h4-6H,1-3H3,(H,15,16). The molecule has 1 aromatic carbocycles. The lowest BCUT2D eigenvalue weighted by Gasteiger charge is -2.17. The molecule has 0 atom stereocenters. The molecular weight excluding hydrogens is 206 g/mol. The van der Waals surface area contributed by atoms with Gasteiger partial charge in [0.25, 0.3) is 0 Å². The molecule has 1 N–H and O–H groups in total. The van der Waals surface area contributed by atoms with Crippen molar-refractivity contribution in [1.29, 1.82) is 0 Å². The van der Waals surface area contributed by atoms with E-state index in [2.05, 4.69) is 4.98 Å². The molecule has 2 aromatic rings. The molecule has 0 bridgehead atoms. The van der Waals surface area contributed by atoms with Gasteiger partial charge in [-0.05, 0) is 19.1 Å². The van der Waals surface area contributed by atoms with Crippen LogP contribution in [-0.2, 0) is 0 Å². The van der Waals surface area contributed by atoms with Crippen LogP contribution in [0.1, 0.15) is 16.2 Å². The zero-order chi connectivity index (χ0) is 11.9. The molecule has 0 radical (unpaired) electrons. The first-order valence-corrected chi connectivity index (χ1v) is 4.91. The molecule has 2 rings (SSSR count). The third kappa shape index (κ3) is 1.41. The Kier molecular flexibility index (Phi) is 2.30. The molecule has 0 saturated heterocycles. The van der Waals surface area contributed by atoms with Crippen LogP contribution in [0.3, 0.4) is 0 Å². The first kappa shape index (κ1) is 10.5. The van der Waals surface area contributed by atoms with E-state index in [-0.39, 0.29) is 5.56 Å². The second kappa shape index (κ2) is 3.52. The van der Waals surface area contributed by atoms with Gasteiger partial charge >= 0.3 is 5.97 Å². The number of aryl methyl sites for hydroxylation is 1. The van der Waals surface area contributed by atoms with Crippen LogP contribution < -0.4 is 5.01 Å². The topological polar surface area (TPSA) is 58.4 Å². The summed E-state index contributed by atoms with van der Waals surface area (Å²) in [7, 11) is 3.71. The van der Waals surface area contributed by atoms with Gasteiger partial charge in [0.2, 0.25) is 0 Å². The lowest BCUT2D eigenvalue weighted by Crippen LogP contribution is -2.26. The Bertz CT molecular complexity index is 558. The molecule has 0 fully saturated rings. The minimum absolute atomic E-state index is 0.270. The van der Waals surface area contributed by atoms with Crippen molar-refractivity contribution >= 4 is 17.0 Å². The molecule has 1 aromatic heterocycles. The van der Waals surface area contributed by atoms with Gasteiger partial charge in [0.15, 0.2) is 0 Å². The Morgan fingerprint density at radius 2 is 2.12 bits per heavy atom. The molecule has 0 saturated carbocycles. The number of benzene rings is 1. The monoisotopic (exact) mass is 219 g/mol. The van der Waals surface area contributed by atoms with E-state index in [9.17, 15) is 4.79 Å². The summed E-state index contributed by atoms with van der Waals surface area (Å²) in [6.07, 6.45) is 0. The van der Waals surface area contributed by atoms with Gasteiger partial charge in [-0.3, -0.25) is 0 Å². The van der Waals surface area contributed by atoms with Gasteiger partial charge in [0, 0.05) is 14.1 Å². The predicted molar refractivity (Wildman–Crippen MR) is 61.5 cm³/mol. The Hall–Kier alpha value is -2.04. The fourth-order valence-corrected chi connectivity index (χ4v) is 1.89. The van der Waals surface area contributed by atoms with E-state index >= 15 is 0 Å². The number of aromatic carboxylic acids is 1. The summed E-state index contributed by atoms with van der Waals surface area (Å²) >= 11 is 0. The number of fused-ring (bicyclic) bond motifs is 1. The number of carbonyl (C=O) groups is 1. The van der Waals surface area contributed by atoms with Crippen LogP contribution in [0.5, 0.6) is 0 Å². The van der Waals surface area contributed by atoms with Crippen LogP contribution in [0.4, 0.5) is 0 Å². The summed E-state index contributed by atoms with van der Waals surface area (Å²) in [5.74, 6) is -0.165. The highest BCUT2D eigenvalue weighted by molar-refractivity contribution is 6.01. The van der Waals surface area contributed by atoms with Crippen LogP contribution in [0, 0.1) is 6.92 Å². The normalized spacial score (nSPS) is 10.7. The minimum Gasteiger partial charge on any atom is -0.478 e. The van der Waals surface area contributed by atoms with Crippen molar-refractivity contribution in [1.82, 2.24) is 9.66 Å². The predicted octanol–water partition coefficient (Wildman–Crippen LogP) is 1.24. The largest absolute Gasteiger partial charge is 0.478 e. The van der Waals surface area contributed by atoms with Crippen molar-refractivity contribution < 1.29 is 9.90 Å². The van der Waals surface area contributed by atoms with Gasteiger partial charge in [-0.15, -0.1) is 0 Å². The summed E-state index contributed by atoms with van der Waals surface area (Å²) in [4.78, 5) is 15.5. The minimum atomic E-state index is -0.936. The highest BCUT2D eigenvalue weighted by atomic mass is 16.4. The number of carboxylic acid groups (broad SMARTS) is 1. The van der Waals surface area contributed by atoms with Gasteiger partial charge in [0.05, 0.1) is 11.1 Å². The number of rotatable bonds is 2. The zero-order valence-corrected chi connectivity index (χ0v) is 9.43. The number of imidazole rings is 1. The fourth-order valence-electron chi connectivity index (χ4n) is 1.89. The average Bonchev–Trinajstić information content (AvgIpc) is 2.52. The van der Waals surface area contributed by atoms with Crippen LogP contribution in [0.25, 0.3) is 11.0 Å². The smallest absolute Gasteiger partial charge is 0.337 e. The van der Waals surface area contributed by atoms with Crippen molar-refractivity contribution in [3.05, 3.63) is 29.6 Å². The molecule has 0 aliphatic rings. The van der Waals surface area contributed by atoms with Crippen LogP contribution >= 0.6 is 0 Å². The van der Waals surface area contributed by atoms with E-state index in [1.165, 1.54) is 0 Å². The average molecular weight is 219 g/mol. The second-order valence-corrected chi connectivity index (χ2v) is 3.80. The first-order valence-electron chi connectivity index (χ1n) is 4.91. The quantitative estimate of drug-likeness (QED) is 0.825. The molecule has 0 unspecified atom stereocenters. The Morgan fingerprint density at radius 1 is 1.44 bits per heavy atom. The van der Waals surface area contributed by atoms with Crippen molar-refractivity contribution in [2.24, 2.45) is 0 Å². The Labute approximate surface area is 92.9 Å². The number of para-hydroxylation sites is 1. The number of hydrogen-bond donors (Lipinski definition) is 1. The zero-order valence-electron chi connectivity index (χ0n) is 9.43. The van der Waals surface area contributed by atoms with E-state index < -0.39 is 5.97 Å². The van der Waals surface area contributed by atoms with E-state index in [0.29, 0.717) is 11.0 Å². The molecule has 84 valence electrons. The highest BCUT2D eigenvalue weighted by Gasteiger charge is 2.16. The number of carboxylic acids is 1. The number of nitrogens with zero attached hydrogens (tertiary/aromatic N) is 3. The van der Waals surface area contributed by atoms with Gasteiger partial charge < -0.3 is 10.1 Å². The van der Waals surface area contributed by atoms with Crippen LogP contribution in [-0.4, -0.2) is 34.8 Å². The molecular formula is C11H13N3O2. The molecule has 0 amide bonds. The molecule has 16 heavy (non-hydrogen) atoms. The third-order valence-corrected chi connectivity index (χ3v) is 2.45. The number of aromatic nitrogens is 2. The van der Waals surface area contributed by atoms with Gasteiger partial charge in [-0.1, -0.05) is 6.07 Å². The first-order chi connectivity index (χ1) is 7.52. The van der Waals surface area contributed by atoms with Gasteiger partial charge in [-0.2, -0.15) is 0 Å². The van der Waals surface area contributed by atoms with E-state index in [1.807, 2.05) is 32.1 Å². The van der Waals surface area contributed by atoms with Crippen molar-refractivity contribution in [3.63, 3.8) is 0 Å². The Morgan fingerprint density at radius 3 is 2.69 bits per heavy atom. The third-order valence-electron chi connectivity index (χ3n) is 2.45. The van der Waals surface area contributed by atoms with Gasteiger partial charge in [0.1, 0.15) is 11.3 Å². The van der Waals surface area contributed by atoms with Crippen LogP contribution in [0.2, 0.25) is 0 Å². The van der Waals surface area contributed by atoms with E-state index in [0.717, 1.165) is 5.82 Å². The van der Waals surface area contributed by atoms with E-state index in [4.69, 9.17) is 5.11 Å². The van der Waals surface area contributed by atoms with Crippen LogP contribution in [0.15, 0.2) is 18.2 Å². The van der Waals surface area contributed by atoms with E-state index in [1.54, 1.807) is 16.8 Å². The summed E-state index contributed by atoms with van der Waals surface area (Å²) in [6, 6.07) is 5.11. The maximum absolute atomic E-state index is 11.1. The molecule has 5 nitrogen and oxygen atoms in total. The fraction of sp³-hybridized carbons (Fsp3) is 0.273. The summed E-state index contributed by atoms with van der Waals surface area (Å²) in [6.45, 7) is 1.85. The lowest BCUT2D eigenvalue weighted by molar-refractivity contribution is 0.0698. The highest BCUT2D eigenvalue weighted by Crippen LogP contribution is 2.20. The Balaban J connectivity index is 2.88. The summed E-state index contributed by atoms with van der Waals surface area (Å²) < 4.78 is 1.79. The molecule has 0 spiro atoms. The van der Waals surface area contributed by atoms with Crippen molar-refractivity contribution in [3.8, 4) is 0 Å². The van der Waals surface area contributed by atoms with Crippen molar-refractivity contribution in [2.75, 3.05) is 19.1 Å². The summed E-state index contributed by atoms with van der Waals surface area (Å²) in [5.41, 5.74) is 1.61. The maximum Gasteiger partial charge on any atom is 0.337 e. The second-order valence-electron chi connectivity index (χ2n) is 3.80. The number of hydrogen-bond acceptors (Lipinski definition) is 3. The van der Waals surface area contributed by atoms with Crippen molar-refractivity contribution in [2.45, 2.75) is 6.92 Å². The molecule has 5 heteroatoms. The molecule has 0 aliphatic carbocycles.